The minimum Gasteiger partial charge on any atom is -0.481 e. The molecule has 1 aliphatic carbocycles. The van der Waals surface area contributed by atoms with E-state index in [0.717, 1.165) is 0 Å². The molecular weight excluding hydrogens is 340 g/mol. The maximum Gasteiger partial charge on any atom is 0.308 e. The van der Waals surface area contributed by atoms with E-state index in [1.807, 2.05) is 0 Å². The normalized spacial score (nSPS) is 28.7. The van der Waals surface area contributed by atoms with Crippen LogP contribution in [0, 0.1) is 5.92 Å². The van der Waals surface area contributed by atoms with Gasteiger partial charge < -0.3 is 5.11 Å². The van der Waals surface area contributed by atoms with Crippen LogP contribution in [-0.2, 0) is 14.8 Å². The highest BCUT2D eigenvalue weighted by atomic mass is 32.2. The lowest BCUT2D eigenvalue weighted by Gasteiger charge is -2.33. The van der Waals surface area contributed by atoms with Crippen molar-refractivity contribution in [1.82, 2.24) is 4.31 Å². The summed E-state index contributed by atoms with van der Waals surface area (Å²) < 4.78 is 53.5. The summed E-state index contributed by atoms with van der Waals surface area (Å²) in [5, 5.41) is 9.28. The lowest BCUT2D eigenvalue weighted by atomic mass is 9.89. The molecule has 1 heterocycles. The van der Waals surface area contributed by atoms with E-state index in [0.29, 0.717) is 5.56 Å². The zero-order chi connectivity index (χ0) is 17.9. The highest BCUT2D eigenvalue weighted by Gasteiger charge is 2.58. The molecule has 0 bridgehead atoms. The van der Waals surface area contributed by atoms with E-state index >= 15 is 0 Å². The van der Waals surface area contributed by atoms with Crippen molar-refractivity contribution in [2.24, 2.45) is 5.92 Å². The molecule has 8 heteroatoms. The Balaban J connectivity index is 1.95. The van der Waals surface area contributed by atoms with Gasteiger partial charge in [0.25, 0.3) is 5.92 Å². The van der Waals surface area contributed by atoms with Gasteiger partial charge >= 0.3 is 5.97 Å². The van der Waals surface area contributed by atoms with Gasteiger partial charge in [0.1, 0.15) is 0 Å². The number of benzene rings is 1. The minimum atomic E-state index is -3.95. The molecule has 1 saturated carbocycles. The topological polar surface area (TPSA) is 74.7 Å². The Morgan fingerprint density at radius 3 is 2.46 bits per heavy atom. The third kappa shape index (κ3) is 2.61. The van der Waals surface area contributed by atoms with Crippen molar-refractivity contribution in [2.45, 2.75) is 49.0 Å². The van der Waals surface area contributed by atoms with E-state index in [-0.39, 0.29) is 24.3 Å². The van der Waals surface area contributed by atoms with Crippen molar-refractivity contribution in [3.63, 3.8) is 0 Å². The quantitative estimate of drug-likeness (QED) is 0.897. The number of hydrogen-bond acceptors (Lipinski definition) is 3. The average Bonchev–Trinajstić information content (AvgIpc) is 2.97. The summed E-state index contributed by atoms with van der Waals surface area (Å²) >= 11 is 0. The predicted octanol–water partition coefficient (Wildman–Crippen LogP) is 2.68. The summed E-state index contributed by atoms with van der Waals surface area (Å²) in [4.78, 5) is 11.3. The fourth-order valence-electron chi connectivity index (χ4n) is 3.51. The Morgan fingerprint density at radius 1 is 1.33 bits per heavy atom. The molecule has 2 atom stereocenters. The number of rotatable bonds is 4. The SMILES string of the molecule is CC1(C)C(C(=O)O)CCN1S(=O)(=O)c1cccc(C2CC2(F)F)c1. The zero-order valence-electron chi connectivity index (χ0n) is 13.4. The van der Waals surface area contributed by atoms with Gasteiger partial charge in [0.2, 0.25) is 10.0 Å². The highest BCUT2D eigenvalue weighted by molar-refractivity contribution is 7.89. The first-order valence-electron chi connectivity index (χ1n) is 7.71. The molecule has 1 aromatic carbocycles. The second-order valence-corrected chi connectivity index (χ2v) is 8.86. The molecule has 1 aliphatic heterocycles. The van der Waals surface area contributed by atoms with Crippen LogP contribution < -0.4 is 0 Å². The van der Waals surface area contributed by atoms with E-state index in [1.165, 1.54) is 28.6 Å². The van der Waals surface area contributed by atoms with Gasteiger partial charge in [0.15, 0.2) is 0 Å². The number of carboxylic acids is 1. The second kappa shape index (κ2) is 5.23. The number of nitrogens with zero attached hydrogens (tertiary/aromatic N) is 1. The van der Waals surface area contributed by atoms with Crippen LogP contribution in [0.25, 0.3) is 0 Å². The fraction of sp³-hybridized carbons (Fsp3) is 0.562. The molecule has 0 radical (unpaired) electrons. The van der Waals surface area contributed by atoms with E-state index in [1.54, 1.807) is 13.8 Å². The number of carbonyl (C=O) groups is 1. The van der Waals surface area contributed by atoms with Crippen molar-refractivity contribution in [3.05, 3.63) is 29.8 Å². The first-order valence-corrected chi connectivity index (χ1v) is 9.15. The van der Waals surface area contributed by atoms with Crippen LogP contribution in [0.5, 0.6) is 0 Å². The number of halogens is 2. The van der Waals surface area contributed by atoms with Crippen molar-refractivity contribution in [3.8, 4) is 0 Å². The summed E-state index contributed by atoms with van der Waals surface area (Å²) in [7, 11) is -3.95. The monoisotopic (exact) mass is 359 g/mol. The first-order chi connectivity index (χ1) is 11.0. The molecule has 1 N–H and O–H groups in total. The van der Waals surface area contributed by atoms with Crippen LogP contribution in [-0.4, -0.2) is 41.8 Å². The third-order valence-corrected chi connectivity index (χ3v) is 7.17. The number of carboxylic acid groups (broad SMARTS) is 1. The fourth-order valence-corrected chi connectivity index (χ4v) is 5.39. The maximum atomic E-state index is 13.2. The van der Waals surface area contributed by atoms with E-state index < -0.39 is 39.3 Å². The van der Waals surface area contributed by atoms with Crippen LogP contribution in [0.2, 0.25) is 0 Å². The molecule has 0 amide bonds. The van der Waals surface area contributed by atoms with Crippen LogP contribution in [0.1, 0.15) is 38.2 Å². The highest BCUT2D eigenvalue weighted by Crippen LogP contribution is 2.56. The lowest BCUT2D eigenvalue weighted by Crippen LogP contribution is -2.47. The standard InChI is InChI=1S/C16H19F2NO4S/c1-15(2)12(14(20)21)6-7-19(15)24(22,23)11-5-3-4-10(8-11)13-9-16(13,17)18/h3-5,8,12-13H,6-7,9H2,1-2H3,(H,20,21). The molecule has 1 saturated heterocycles. The lowest BCUT2D eigenvalue weighted by molar-refractivity contribution is -0.143. The Labute approximate surface area is 139 Å². The largest absolute Gasteiger partial charge is 0.481 e. The number of sulfonamides is 1. The molecule has 1 aromatic rings. The van der Waals surface area contributed by atoms with Crippen molar-refractivity contribution in [1.29, 1.82) is 0 Å². The zero-order valence-corrected chi connectivity index (χ0v) is 14.2. The maximum absolute atomic E-state index is 13.2. The average molecular weight is 359 g/mol. The Bertz CT molecular complexity index is 791. The molecule has 0 aromatic heterocycles. The van der Waals surface area contributed by atoms with Crippen molar-refractivity contribution < 1.29 is 27.1 Å². The molecule has 2 fully saturated rings. The molecule has 0 spiro atoms. The van der Waals surface area contributed by atoms with E-state index in [2.05, 4.69) is 0 Å². The van der Waals surface area contributed by atoms with Gasteiger partial charge in [-0.1, -0.05) is 12.1 Å². The van der Waals surface area contributed by atoms with Crippen LogP contribution >= 0.6 is 0 Å². The Morgan fingerprint density at radius 2 is 1.96 bits per heavy atom. The van der Waals surface area contributed by atoms with Crippen LogP contribution in [0.15, 0.2) is 29.2 Å². The summed E-state index contributed by atoms with van der Waals surface area (Å²) in [5.74, 6) is -5.55. The smallest absolute Gasteiger partial charge is 0.308 e. The van der Waals surface area contributed by atoms with E-state index in [4.69, 9.17) is 0 Å². The Kier molecular flexibility index (Phi) is 3.76. The molecular formula is C16H19F2NO4S. The minimum absolute atomic E-state index is 0.0678. The van der Waals surface area contributed by atoms with Crippen LogP contribution in [0.3, 0.4) is 0 Å². The molecule has 132 valence electrons. The van der Waals surface area contributed by atoms with Gasteiger partial charge in [0.05, 0.1) is 16.7 Å². The number of aliphatic carboxylic acids is 1. The summed E-state index contributed by atoms with van der Waals surface area (Å²) in [6.45, 7) is 3.25. The summed E-state index contributed by atoms with van der Waals surface area (Å²) in [5.41, 5.74) is -0.780. The van der Waals surface area contributed by atoms with Gasteiger partial charge in [-0.15, -0.1) is 0 Å². The van der Waals surface area contributed by atoms with Crippen LogP contribution in [0.4, 0.5) is 8.78 Å². The Hall–Kier alpha value is -1.54. The van der Waals surface area contributed by atoms with Gasteiger partial charge in [0, 0.05) is 18.5 Å². The molecule has 3 rings (SSSR count). The molecule has 5 nitrogen and oxygen atoms in total. The van der Waals surface area contributed by atoms with E-state index in [9.17, 15) is 27.1 Å². The van der Waals surface area contributed by atoms with Gasteiger partial charge in [-0.3, -0.25) is 4.79 Å². The van der Waals surface area contributed by atoms with Gasteiger partial charge in [-0.05, 0) is 38.0 Å². The van der Waals surface area contributed by atoms with Gasteiger partial charge in [-0.25, -0.2) is 17.2 Å². The molecule has 2 aliphatic rings. The van der Waals surface area contributed by atoms with Crippen molar-refractivity contribution >= 4 is 16.0 Å². The van der Waals surface area contributed by atoms with Crippen molar-refractivity contribution in [2.75, 3.05) is 6.54 Å². The third-order valence-electron chi connectivity index (χ3n) is 5.09. The number of hydrogen-bond donors (Lipinski definition) is 1. The molecule has 2 unspecified atom stereocenters. The second-order valence-electron chi connectivity index (χ2n) is 7.00. The number of alkyl halides is 2. The summed E-state index contributed by atoms with van der Waals surface area (Å²) in [6, 6.07) is 5.60. The molecule has 24 heavy (non-hydrogen) atoms. The van der Waals surface area contributed by atoms with Gasteiger partial charge in [-0.2, -0.15) is 4.31 Å². The summed E-state index contributed by atoms with van der Waals surface area (Å²) in [6.07, 6.45) is -0.0469. The first kappa shape index (κ1) is 17.3. The predicted molar refractivity (Wildman–Crippen MR) is 82.5 cm³/mol.